The number of aryl methyl sites for hydroxylation is 2. The molecule has 3 aromatic rings. The van der Waals surface area contributed by atoms with E-state index >= 15 is 0 Å². The number of rotatable bonds is 9. The lowest BCUT2D eigenvalue weighted by Crippen LogP contribution is -2.30. The third-order valence-electron chi connectivity index (χ3n) is 5.01. The van der Waals surface area contributed by atoms with E-state index in [1.54, 1.807) is 24.3 Å². The zero-order chi connectivity index (χ0) is 24.7. The quantitative estimate of drug-likeness (QED) is 0.352. The number of para-hydroxylation sites is 1. The van der Waals surface area contributed by atoms with Crippen LogP contribution in [0.4, 0.5) is 5.69 Å². The molecule has 0 aliphatic rings. The van der Waals surface area contributed by atoms with Crippen LogP contribution in [-0.4, -0.2) is 26.4 Å². The first-order valence-electron chi connectivity index (χ1n) is 10.5. The van der Waals surface area contributed by atoms with Crippen LogP contribution in [0.5, 0.6) is 0 Å². The van der Waals surface area contributed by atoms with Crippen molar-refractivity contribution in [2.75, 3.05) is 5.32 Å². The predicted octanol–water partition coefficient (Wildman–Crippen LogP) is 3.96. The normalized spacial score (nSPS) is 12.4. The minimum atomic E-state index is -3.71. The van der Waals surface area contributed by atoms with Crippen molar-refractivity contribution in [2.45, 2.75) is 38.3 Å². The summed E-state index contributed by atoms with van der Waals surface area (Å²) in [5, 5.41) is 2.79. The summed E-state index contributed by atoms with van der Waals surface area (Å²) in [5.74, 6) is -0.629. The van der Waals surface area contributed by atoms with Crippen molar-refractivity contribution in [3.63, 3.8) is 0 Å². The summed E-state index contributed by atoms with van der Waals surface area (Å²) in [6, 6.07) is 15.0. The fraction of sp³-hybridized carbons (Fsp3) is 0.200. The SMILES string of the molecule is Cc1cccc(C)c1NC(=O)C(C)OC(=O)/C=C/c1ccc(S(=O)(=O)NCc2ccco2)cc1. The van der Waals surface area contributed by atoms with Crippen LogP contribution in [0.25, 0.3) is 6.08 Å². The summed E-state index contributed by atoms with van der Waals surface area (Å²) in [6.07, 6.45) is 3.13. The first-order valence-corrected chi connectivity index (χ1v) is 12.0. The standard InChI is InChI=1S/C25H26N2O6S/c1-17-6-4-7-18(2)24(17)27-25(29)19(3)33-23(28)14-11-20-9-12-22(13-10-20)34(30,31)26-16-21-8-5-15-32-21/h4-15,19,26H,16H2,1-3H3,(H,27,29)/b14-11+. The van der Waals surface area contributed by atoms with E-state index in [0.29, 0.717) is 17.0 Å². The molecule has 0 bridgehead atoms. The van der Waals surface area contributed by atoms with Crippen molar-refractivity contribution >= 4 is 33.7 Å². The molecule has 34 heavy (non-hydrogen) atoms. The van der Waals surface area contributed by atoms with Crippen molar-refractivity contribution in [1.29, 1.82) is 0 Å². The fourth-order valence-corrected chi connectivity index (χ4v) is 4.08. The van der Waals surface area contributed by atoms with Crippen LogP contribution in [-0.2, 0) is 30.9 Å². The van der Waals surface area contributed by atoms with Gasteiger partial charge in [0.15, 0.2) is 6.10 Å². The van der Waals surface area contributed by atoms with Crippen molar-refractivity contribution in [3.05, 3.63) is 89.4 Å². The van der Waals surface area contributed by atoms with Gasteiger partial charge in [0.25, 0.3) is 5.91 Å². The third kappa shape index (κ3) is 6.66. The summed E-state index contributed by atoms with van der Waals surface area (Å²) >= 11 is 0. The number of furan rings is 1. The smallest absolute Gasteiger partial charge is 0.331 e. The molecule has 1 aromatic heterocycles. The minimum absolute atomic E-state index is 0.0397. The van der Waals surface area contributed by atoms with Crippen LogP contribution >= 0.6 is 0 Å². The molecule has 0 saturated carbocycles. The molecule has 2 N–H and O–H groups in total. The largest absolute Gasteiger partial charge is 0.468 e. The molecule has 178 valence electrons. The second kappa shape index (κ2) is 11.0. The maximum Gasteiger partial charge on any atom is 0.331 e. The van der Waals surface area contributed by atoms with Gasteiger partial charge in [-0.15, -0.1) is 0 Å². The predicted molar refractivity (Wildman–Crippen MR) is 128 cm³/mol. The average molecular weight is 483 g/mol. The number of benzene rings is 2. The van der Waals surface area contributed by atoms with E-state index in [-0.39, 0.29) is 11.4 Å². The van der Waals surface area contributed by atoms with E-state index in [1.807, 2.05) is 32.0 Å². The summed E-state index contributed by atoms with van der Waals surface area (Å²) < 4.78 is 37.5. The number of amides is 1. The Balaban J connectivity index is 1.54. The highest BCUT2D eigenvalue weighted by molar-refractivity contribution is 7.89. The maximum absolute atomic E-state index is 12.4. The molecule has 0 fully saturated rings. The third-order valence-corrected chi connectivity index (χ3v) is 6.43. The van der Waals surface area contributed by atoms with Gasteiger partial charge in [-0.2, -0.15) is 0 Å². The van der Waals surface area contributed by atoms with Crippen LogP contribution in [0.2, 0.25) is 0 Å². The Morgan fingerprint density at radius 2 is 1.71 bits per heavy atom. The zero-order valence-corrected chi connectivity index (χ0v) is 19.9. The zero-order valence-electron chi connectivity index (χ0n) is 19.1. The molecule has 9 heteroatoms. The second-order valence-corrected chi connectivity index (χ2v) is 9.41. The van der Waals surface area contributed by atoms with Crippen molar-refractivity contribution in [3.8, 4) is 0 Å². The fourth-order valence-electron chi connectivity index (χ4n) is 3.09. The maximum atomic E-state index is 12.4. The Morgan fingerprint density at radius 3 is 2.32 bits per heavy atom. The van der Waals surface area contributed by atoms with E-state index < -0.39 is 28.0 Å². The Labute approximate surface area is 198 Å². The summed E-state index contributed by atoms with van der Waals surface area (Å²) in [7, 11) is -3.71. The summed E-state index contributed by atoms with van der Waals surface area (Å²) in [6.45, 7) is 5.30. The van der Waals surface area contributed by atoms with Gasteiger partial charge in [-0.1, -0.05) is 30.3 Å². The van der Waals surface area contributed by atoms with Crippen molar-refractivity contribution in [2.24, 2.45) is 0 Å². The van der Waals surface area contributed by atoms with Crippen LogP contribution in [0.1, 0.15) is 29.4 Å². The number of sulfonamides is 1. The molecule has 0 spiro atoms. The molecule has 0 aliphatic heterocycles. The number of esters is 1. The van der Waals surface area contributed by atoms with Gasteiger partial charge in [-0.05, 0) is 67.8 Å². The topological polar surface area (TPSA) is 115 Å². The number of carbonyl (C=O) groups excluding carboxylic acids is 2. The minimum Gasteiger partial charge on any atom is -0.468 e. The van der Waals surface area contributed by atoms with Gasteiger partial charge in [-0.3, -0.25) is 4.79 Å². The molecule has 2 aromatic carbocycles. The van der Waals surface area contributed by atoms with Crippen LogP contribution < -0.4 is 10.0 Å². The molecular formula is C25H26N2O6S. The van der Waals surface area contributed by atoms with Gasteiger partial charge in [0.05, 0.1) is 17.7 Å². The van der Waals surface area contributed by atoms with Gasteiger partial charge < -0.3 is 14.5 Å². The Bertz CT molecular complexity index is 1260. The van der Waals surface area contributed by atoms with E-state index in [0.717, 1.165) is 11.1 Å². The number of hydrogen-bond donors (Lipinski definition) is 2. The highest BCUT2D eigenvalue weighted by atomic mass is 32.2. The molecule has 1 atom stereocenters. The summed E-state index contributed by atoms with van der Waals surface area (Å²) in [4.78, 5) is 24.6. The molecule has 1 heterocycles. The van der Waals surface area contributed by atoms with E-state index in [4.69, 9.17) is 9.15 Å². The molecule has 0 aliphatic carbocycles. The molecule has 1 amide bonds. The number of carbonyl (C=O) groups is 2. The van der Waals surface area contributed by atoms with Gasteiger partial charge in [0.2, 0.25) is 10.0 Å². The average Bonchev–Trinajstić information content (AvgIpc) is 3.33. The highest BCUT2D eigenvalue weighted by Crippen LogP contribution is 2.20. The lowest BCUT2D eigenvalue weighted by atomic mass is 10.1. The molecule has 0 radical (unpaired) electrons. The number of nitrogens with one attached hydrogen (secondary N) is 2. The van der Waals surface area contributed by atoms with Crippen molar-refractivity contribution in [1.82, 2.24) is 4.72 Å². The lowest BCUT2D eigenvalue weighted by molar-refractivity contribution is -0.148. The van der Waals surface area contributed by atoms with Gasteiger partial charge >= 0.3 is 5.97 Å². The number of ether oxygens (including phenoxy) is 1. The molecule has 3 rings (SSSR count). The number of hydrogen-bond acceptors (Lipinski definition) is 6. The second-order valence-electron chi connectivity index (χ2n) is 7.64. The van der Waals surface area contributed by atoms with E-state index in [2.05, 4.69) is 10.0 Å². The Kier molecular flexibility index (Phi) is 8.04. The Morgan fingerprint density at radius 1 is 1.03 bits per heavy atom. The molecule has 8 nitrogen and oxygen atoms in total. The first kappa shape index (κ1) is 24.9. The van der Waals surface area contributed by atoms with Crippen LogP contribution in [0.15, 0.2) is 76.2 Å². The molecule has 1 unspecified atom stereocenters. The summed E-state index contributed by atoms with van der Waals surface area (Å²) in [5.41, 5.74) is 3.11. The monoisotopic (exact) mass is 482 g/mol. The first-order chi connectivity index (χ1) is 16.2. The van der Waals surface area contributed by atoms with Gasteiger partial charge in [0.1, 0.15) is 5.76 Å². The molecule has 0 saturated heterocycles. The molecular weight excluding hydrogens is 456 g/mol. The lowest BCUT2D eigenvalue weighted by Gasteiger charge is -2.15. The van der Waals surface area contributed by atoms with Gasteiger partial charge in [-0.25, -0.2) is 17.9 Å². The van der Waals surface area contributed by atoms with Crippen LogP contribution in [0.3, 0.4) is 0 Å². The van der Waals surface area contributed by atoms with Crippen molar-refractivity contribution < 1.29 is 27.2 Å². The van der Waals surface area contributed by atoms with Gasteiger partial charge in [0, 0.05) is 11.8 Å². The van der Waals surface area contributed by atoms with E-state index in [1.165, 1.54) is 37.5 Å². The highest BCUT2D eigenvalue weighted by Gasteiger charge is 2.18. The van der Waals surface area contributed by atoms with E-state index in [9.17, 15) is 18.0 Å². The number of anilines is 1. The Hall–Kier alpha value is -3.69. The van der Waals surface area contributed by atoms with Crippen LogP contribution in [0, 0.1) is 13.8 Å².